The van der Waals surface area contributed by atoms with Crippen molar-refractivity contribution < 1.29 is 24.2 Å². The van der Waals surface area contributed by atoms with Gasteiger partial charge >= 0.3 is 0 Å². The van der Waals surface area contributed by atoms with Gasteiger partial charge in [0.1, 0.15) is 11.3 Å². The second kappa shape index (κ2) is 7.55. The molecule has 3 heterocycles. The Labute approximate surface area is 195 Å². The lowest BCUT2D eigenvalue weighted by atomic mass is 9.76. The number of carbonyl (C=O) groups is 3. The number of halogens is 1. The predicted octanol–water partition coefficient (Wildman–Crippen LogP) is 1.96. The highest BCUT2D eigenvalue weighted by atomic mass is 35.5. The summed E-state index contributed by atoms with van der Waals surface area (Å²) < 4.78 is 5.17. The smallest absolute Gasteiger partial charge is 0.250 e. The molecular weight excluding hydrogens is 446 g/mol. The van der Waals surface area contributed by atoms with Crippen LogP contribution in [0.4, 0.5) is 5.69 Å². The van der Waals surface area contributed by atoms with E-state index in [1.54, 1.807) is 50.4 Å². The number of likely N-dealkylation sites (tertiary alicyclic amines) is 1. The number of imide groups is 1. The zero-order valence-electron chi connectivity index (χ0n) is 18.4. The Morgan fingerprint density at radius 3 is 2.52 bits per heavy atom. The normalized spacial score (nSPS) is 28.8. The van der Waals surface area contributed by atoms with Crippen molar-refractivity contribution in [3.8, 4) is 5.75 Å². The second-order valence-corrected chi connectivity index (χ2v) is 9.37. The van der Waals surface area contributed by atoms with Gasteiger partial charge in [0, 0.05) is 22.3 Å². The van der Waals surface area contributed by atoms with Gasteiger partial charge in [-0.25, -0.2) is 0 Å². The monoisotopic (exact) mass is 469 g/mol. The summed E-state index contributed by atoms with van der Waals surface area (Å²) in [6, 6.07) is 9.70. The maximum absolute atomic E-state index is 13.7. The number of nitrogens with one attached hydrogen (secondary N) is 2. The molecule has 172 valence electrons. The van der Waals surface area contributed by atoms with Crippen LogP contribution in [0.1, 0.15) is 23.6 Å². The molecule has 3 N–H and O–H groups in total. The number of nitrogens with zero attached hydrogens (tertiary/aromatic N) is 1. The van der Waals surface area contributed by atoms with E-state index in [-0.39, 0.29) is 6.54 Å². The fourth-order valence-electron chi connectivity index (χ4n) is 5.51. The van der Waals surface area contributed by atoms with Gasteiger partial charge in [0.2, 0.25) is 17.7 Å². The summed E-state index contributed by atoms with van der Waals surface area (Å²) in [7, 11) is 1.56. The molecule has 0 saturated carbocycles. The SMILES string of the molecule is COc1ccc(CN2C(=O)[C@@H]3[C@@H]([C@@H](C)O)N[C@]4(C(=O)Nc5c(C)cc(Cl)cc54)[C@@H]3C2=O)cc1. The van der Waals surface area contributed by atoms with Crippen molar-refractivity contribution in [2.24, 2.45) is 11.8 Å². The van der Waals surface area contributed by atoms with E-state index in [1.165, 1.54) is 4.90 Å². The molecule has 2 fully saturated rings. The average Bonchev–Trinajstić information content (AvgIpc) is 3.36. The van der Waals surface area contributed by atoms with Crippen molar-refractivity contribution in [1.82, 2.24) is 10.2 Å². The van der Waals surface area contributed by atoms with Gasteiger partial charge in [-0.1, -0.05) is 23.7 Å². The van der Waals surface area contributed by atoms with Crippen LogP contribution in [0.25, 0.3) is 0 Å². The van der Waals surface area contributed by atoms with E-state index in [0.717, 1.165) is 11.1 Å². The van der Waals surface area contributed by atoms with E-state index in [4.69, 9.17) is 16.3 Å². The third-order valence-corrected chi connectivity index (χ3v) is 7.25. The summed E-state index contributed by atoms with van der Waals surface area (Å²) in [4.78, 5) is 41.8. The number of hydrogen-bond donors (Lipinski definition) is 3. The average molecular weight is 470 g/mol. The van der Waals surface area contributed by atoms with Gasteiger partial charge in [-0.05, 0) is 49.2 Å². The molecule has 33 heavy (non-hydrogen) atoms. The van der Waals surface area contributed by atoms with Gasteiger partial charge in [0.25, 0.3) is 0 Å². The molecule has 3 amide bonds. The van der Waals surface area contributed by atoms with Crippen molar-refractivity contribution in [2.45, 2.75) is 38.1 Å². The minimum atomic E-state index is -1.49. The Morgan fingerprint density at radius 1 is 1.18 bits per heavy atom. The second-order valence-electron chi connectivity index (χ2n) is 8.93. The standard InChI is InChI=1S/C24H24ClN3O5/c1-11-8-14(25)9-16-19(11)26-23(32)24(16)18-17(20(27-24)12(2)29)21(30)28(22(18)31)10-13-4-6-15(33-3)7-5-13/h4-9,12,17-18,20,27,29H,10H2,1-3H3,(H,26,32)/t12-,17+,18+,20-,24+/m1/s1. The van der Waals surface area contributed by atoms with Crippen LogP contribution in [0.15, 0.2) is 36.4 Å². The van der Waals surface area contributed by atoms with Crippen molar-refractivity contribution >= 4 is 35.0 Å². The molecule has 0 aliphatic carbocycles. The molecule has 5 atom stereocenters. The largest absolute Gasteiger partial charge is 0.497 e. The molecule has 3 aliphatic heterocycles. The van der Waals surface area contributed by atoms with Gasteiger partial charge in [-0.2, -0.15) is 0 Å². The van der Waals surface area contributed by atoms with Crippen molar-refractivity contribution in [3.05, 3.63) is 58.1 Å². The zero-order valence-corrected chi connectivity index (χ0v) is 19.1. The molecule has 1 spiro atoms. The van der Waals surface area contributed by atoms with Crippen LogP contribution in [0.5, 0.6) is 5.75 Å². The third-order valence-electron chi connectivity index (χ3n) is 7.03. The van der Waals surface area contributed by atoms with E-state index < -0.39 is 47.2 Å². The molecule has 5 rings (SSSR count). The number of amides is 3. The van der Waals surface area contributed by atoms with Crippen LogP contribution in [-0.2, 0) is 26.5 Å². The molecule has 0 aromatic heterocycles. The lowest BCUT2D eigenvalue weighted by molar-refractivity contribution is -0.143. The summed E-state index contributed by atoms with van der Waals surface area (Å²) in [6.45, 7) is 3.44. The van der Waals surface area contributed by atoms with E-state index in [2.05, 4.69) is 10.6 Å². The summed E-state index contributed by atoms with van der Waals surface area (Å²) in [5.41, 5.74) is 1.13. The number of aliphatic hydroxyl groups excluding tert-OH is 1. The first-order chi connectivity index (χ1) is 15.7. The Hall–Kier alpha value is -2.94. The maximum Gasteiger partial charge on any atom is 0.250 e. The van der Waals surface area contributed by atoms with Crippen LogP contribution < -0.4 is 15.4 Å². The number of methoxy groups -OCH3 is 1. The topological polar surface area (TPSA) is 108 Å². The number of anilines is 1. The van der Waals surface area contributed by atoms with E-state index in [9.17, 15) is 19.5 Å². The summed E-state index contributed by atoms with van der Waals surface area (Å²) in [5.74, 6) is -2.49. The molecule has 0 unspecified atom stereocenters. The van der Waals surface area contributed by atoms with Crippen LogP contribution in [-0.4, -0.2) is 47.0 Å². The fraction of sp³-hybridized carbons (Fsp3) is 0.375. The van der Waals surface area contributed by atoms with Gasteiger partial charge < -0.3 is 15.2 Å². The maximum atomic E-state index is 13.7. The van der Waals surface area contributed by atoms with E-state index in [0.29, 0.717) is 22.0 Å². The first kappa shape index (κ1) is 21.9. The molecule has 0 bridgehead atoms. The Bertz CT molecular complexity index is 1180. The third kappa shape index (κ3) is 3.01. The first-order valence-electron chi connectivity index (χ1n) is 10.7. The van der Waals surface area contributed by atoms with Crippen LogP contribution in [0.3, 0.4) is 0 Å². The fourth-order valence-corrected chi connectivity index (χ4v) is 5.78. The quantitative estimate of drug-likeness (QED) is 0.591. The van der Waals surface area contributed by atoms with Crippen LogP contribution >= 0.6 is 11.6 Å². The zero-order chi connectivity index (χ0) is 23.7. The van der Waals surface area contributed by atoms with E-state index >= 15 is 0 Å². The van der Waals surface area contributed by atoms with Gasteiger partial charge in [0.05, 0.1) is 31.6 Å². The summed E-state index contributed by atoms with van der Waals surface area (Å²) >= 11 is 6.32. The number of hydrogen-bond acceptors (Lipinski definition) is 6. The predicted molar refractivity (Wildman–Crippen MR) is 121 cm³/mol. The number of fused-ring (bicyclic) bond motifs is 4. The number of aryl methyl sites for hydroxylation is 1. The van der Waals surface area contributed by atoms with Crippen LogP contribution in [0, 0.1) is 18.8 Å². The molecule has 2 saturated heterocycles. The Morgan fingerprint density at radius 2 is 1.88 bits per heavy atom. The highest BCUT2D eigenvalue weighted by Gasteiger charge is 2.71. The molecule has 3 aliphatic rings. The lowest BCUT2D eigenvalue weighted by Crippen LogP contribution is -2.54. The minimum absolute atomic E-state index is 0.0698. The molecular formula is C24H24ClN3O5. The van der Waals surface area contributed by atoms with Crippen molar-refractivity contribution in [1.29, 1.82) is 0 Å². The number of rotatable bonds is 4. The van der Waals surface area contributed by atoms with Crippen molar-refractivity contribution in [2.75, 3.05) is 12.4 Å². The molecule has 2 aromatic carbocycles. The molecule has 8 nitrogen and oxygen atoms in total. The summed E-state index contributed by atoms with van der Waals surface area (Å²) in [6.07, 6.45) is -0.966. The van der Waals surface area contributed by atoms with Crippen LogP contribution in [0.2, 0.25) is 5.02 Å². The molecule has 2 aromatic rings. The minimum Gasteiger partial charge on any atom is -0.497 e. The highest BCUT2D eigenvalue weighted by molar-refractivity contribution is 6.31. The van der Waals surface area contributed by atoms with Gasteiger partial charge in [-0.15, -0.1) is 0 Å². The van der Waals surface area contributed by atoms with Gasteiger partial charge in [-0.3, -0.25) is 24.6 Å². The summed E-state index contributed by atoms with van der Waals surface area (Å²) in [5, 5.41) is 17.0. The van der Waals surface area contributed by atoms with E-state index in [1.807, 2.05) is 6.92 Å². The first-order valence-corrected chi connectivity index (χ1v) is 11.1. The number of carbonyl (C=O) groups excluding carboxylic acids is 3. The number of ether oxygens (including phenoxy) is 1. The number of aliphatic hydroxyl groups is 1. The Kier molecular flexibility index (Phi) is 5.00. The molecule has 9 heteroatoms. The molecule has 0 radical (unpaired) electrons. The lowest BCUT2D eigenvalue weighted by Gasteiger charge is -2.30. The highest BCUT2D eigenvalue weighted by Crippen LogP contribution is 2.54. The van der Waals surface area contributed by atoms with Crippen molar-refractivity contribution in [3.63, 3.8) is 0 Å². The Balaban J connectivity index is 1.60. The number of benzene rings is 2. The van der Waals surface area contributed by atoms with Gasteiger partial charge in [0.15, 0.2) is 0 Å².